The first-order valence-corrected chi connectivity index (χ1v) is 9.45. The summed E-state index contributed by atoms with van der Waals surface area (Å²) in [5, 5.41) is 9.94. The van der Waals surface area contributed by atoms with Gasteiger partial charge in [-0.2, -0.15) is 0 Å². The van der Waals surface area contributed by atoms with Crippen molar-refractivity contribution in [3.8, 4) is 11.1 Å². The molecule has 1 amide bonds. The van der Waals surface area contributed by atoms with Crippen LogP contribution in [0.15, 0.2) is 42.6 Å². The van der Waals surface area contributed by atoms with Gasteiger partial charge in [0.05, 0.1) is 11.6 Å². The van der Waals surface area contributed by atoms with Crippen molar-refractivity contribution in [2.24, 2.45) is 0 Å². The zero-order valence-electron chi connectivity index (χ0n) is 16.5. The number of hydrogen-bond acceptors (Lipinski definition) is 4. The van der Waals surface area contributed by atoms with Gasteiger partial charge >= 0.3 is 6.09 Å². The van der Waals surface area contributed by atoms with Gasteiger partial charge in [0.25, 0.3) is 0 Å². The lowest BCUT2D eigenvalue weighted by atomic mass is 9.97. The molecule has 3 rings (SSSR count). The first-order valence-electron chi connectivity index (χ1n) is 9.45. The van der Waals surface area contributed by atoms with Gasteiger partial charge in [-0.3, -0.25) is 4.98 Å². The third-order valence-corrected chi connectivity index (χ3v) is 5.01. The smallest absolute Gasteiger partial charge is 0.410 e. The molecule has 1 aliphatic rings. The number of carbonyl (C=O) groups excluding carboxylic acids is 1. The summed E-state index contributed by atoms with van der Waals surface area (Å²) in [6.07, 6.45) is 2.47. The Kier molecular flexibility index (Phi) is 5.51. The lowest BCUT2D eigenvalue weighted by Crippen LogP contribution is -2.45. The van der Waals surface area contributed by atoms with Crippen LogP contribution in [0, 0.1) is 6.92 Å². The predicted molar refractivity (Wildman–Crippen MR) is 105 cm³/mol. The van der Waals surface area contributed by atoms with Gasteiger partial charge in [-0.1, -0.05) is 24.3 Å². The fourth-order valence-electron chi connectivity index (χ4n) is 3.56. The average molecular weight is 368 g/mol. The standard InChI is InChI=1S/C22H28N2O3/c1-15-13-19(9-11-23-15)18-7-5-17(6-8-18)16(2)24-12-10-20(27-21(24)25)14-22(3,4)26/h5-9,11,13,16,20,26H,10,12,14H2,1-4H3. The molecule has 5 heteroatoms. The summed E-state index contributed by atoms with van der Waals surface area (Å²) in [6.45, 7) is 8.10. The summed E-state index contributed by atoms with van der Waals surface area (Å²) in [5.41, 5.74) is 3.49. The van der Waals surface area contributed by atoms with Crippen LogP contribution in [0.4, 0.5) is 4.79 Å². The van der Waals surface area contributed by atoms with Crippen LogP contribution in [0.5, 0.6) is 0 Å². The van der Waals surface area contributed by atoms with Crippen LogP contribution in [-0.4, -0.2) is 39.3 Å². The van der Waals surface area contributed by atoms with Gasteiger partial charge in [0, 0.05) is 31.3 Å². The number of ether oxygens (including phenoxy) is 1. The molecule has 144 valence electrons. The zero-order chi connectivity index (χ0) is 19.6. The Bertz CT molecular complexity index is 796. The molecule has 0 aliphatic carbocycles. The van der Waals surface area contributed by atoms with Crippen LogP contribution in [0.3, 0.4) is 0 Å². The first-order chi connectivity index (χ1) is 12.7. The maximum atomic E-state index is 12.4. The Morgan fingerprint density at radius 3 is 2.56 bits per heavy atom. The molecule has 1 fully saturated rings. The zero-order valence-corrected chi connectivity index (χ0v) is 16.5. The van der Waals surface area contributed by atoms with Crippen molar-refractivity contribution in [1.82, 2.24) is 9.88 Å². The van der Waals surface area contributed by atoms with E-state index in [4.69, 9.17) is 4.74 Å². The highest BCUT2D eigenvalue weighted by atomic mass is 16.6. The Morgan fingerprint density at radius 2 is 1.96 bits per heavy atom. The van der Waals surface area contributed by atoms with E-state index in [2.05, 4.69) is 35.3 Å². The van der Waals surface area contributed by atoms with Gasteiger partial charge in [-0.05, 0) is 56.5 Å². The summed E-state index contributed by atoms with van der Waals surface area (Å²) in [5.74, 6) is 0. The minimum atomic E-state index is -0.833. The van der Waals surface area contributed by atoms with Gasteiger partial charge in [-0.25, -0.2) is 4.79 Å². The molecule has 2 aromatic rings. The molecule has 1 aliphatic heterocycles. The highest BCUT2D eigenvalue weighted by Crippen LogP contribution is 2.29. The molecule has 5 nitrogen and oxygen atoms in total. The highest BCUT2D eigenvalue weighted by molar-refractivity contribution is 5.69. The number of aliphatic hydroxyl groups is 1. The molecule has 1 N–H and O–H groups in total. The van der Waals surface area contributed by atoms with E-state index in [-0.39, 0.29) is 18.2 Å². The van der Waals surface area contributed by atoms with Crippen molar-refractivity contribution >= 4 is 6.09 Å². The van der Waals surface area contributed by atoms with Crippen molar-refractivity contribution in [3.63, 3.8) is 0 Å². The summed E-state index contributed by atoms with van der Waals surface area (Å²) in [4.78, 5) is 18.4. The second kappa shape index (κ2) is 7.69. The Morgan fingerprint density at radius 1 is 1.26 bits per heavy atom. The maximum absolute atomic E-state index is 12.4. The third kappa shape index (κ3) is 4.86. The van der Waals surface area contributed by atoms with Crippen LogP contribution < -0.4 is 0 Å². The second-order valence-electron chi connectivity index (χ2n) is 7.99. The van der Waals surface area contributed by atoms with Gasteiger partial charge in [-0.15, -0.1) is 0 Å². The molecule has 2 heterocycles. The monoisotopic (exact) mass is 368 g/mol. The van der Waals surface area contributed by atoms with Gasteiger partial charge in [0.2, 0.25) is 0 Å². The number of aromatic nitrogens is 1. The number of cyclic esters (lactones) is 1. The van der Waals surface area contributed by atoms with E-state index in [1.165, 1.54) is 0 Å². The topological polar surface area (TPSA) is 62.7 Å². The molecular weight excluding hydrogens is 340 g/mol. The van der Waals surface area contributed by atoms with E-state index >= 15 is 0 Å². The molecule has 2 atom stereocenters. The fraction of sp³-hybridized carbons (Fsp3) is 0.455. The Balaban J connectivity index is 1.67. The predicted octanol–water partition coefficient (Wildman–Crippen LogP) is 4.49. The molecular formula is C22H28N2O3. The van der Waals surface area contributed by atoms with E-state index < -0.39 is 5.60 Å². The minimum Gasteiger partial charge on any atom is -0.446 e. The average Bonchev–Trinajstić information content (AvgIpc) is 2.60. The van der Waals surface area contributed by atoms with Crippen LogP contribution in [0.25, 0.3) is 11.1 Å². The molecule has 0 saturated carbocycles. The first kappa shape index (κ1) is 19.4. The molecule has 27 heavy (non-hydrogen) atoms. The number of rotatable bonds is 5. The third-order valence-electron chi connectivity index (χ3n) is 5.01. The second-order valence-corrected chi connectivity index (χ2v) is 7.99. The number of carbonyl (C=O) groups is 1. The molecule has 1 aromatic carbocycles. The van der Waals surface area contributed by atoms with Crippen LogP contribution in [0.1, 0.15) is 50.9 Å². The summed E-state index contributed by atoms with van der Waals surface area (Å²) >= 11 is 0. The molecule has 0 radical (unpaired) electrons. The number of pyridine rings is 1. The Hall–Kier alpha value is -2.40. The van der Waals surface area contributed by atoms with Crippen molar-refractivity contribution < 1.29 is 14.6 Å². The van der Waals surface area contributed by atoms with Crippen molar-refractivity contribution in [2.45, 2.75) is 58.3 Å². The summed E-state index contributed by atoms with van der Waals surface area (Å²) in [7, 11) is 0. The molecule has 0 spiro atoms. The van der Waals surface area contributed by atoms with Crippen LogP contribution in [-0.2, 0) is 4.74 Å². The van der Waals surface area contributed by atoms with Gasteiger partial charge in [0.15, 0.2) is 0 Å². The molecule has 0 bridgehead atoms. The molecule has 1 aromatic heterocycles. The van der Waals surface area contributed by atoms with Gasteiger partial charge < -0.3 is 14.7 Å². The van der Waals surface area contributed by atoms with Gasteiger partial charge in [0.1, 0.15) is 6.10 Å². The summed E-state index contributed by atoms with van der Waals surface area (Å²) < 4.78 is 5.54. The number of amides is 1. The van der Waals surface area contributed by atoms with E-state index in [0.29, 0.717) is 13.0 Å². The molecule has 1 saturated heterocycles. The van der Waals surface area contributed by atoms with E-state index in [1.807, 2.05) is 26.1 Å². The number of nitrogens with zero attached hydrogens (tertiary/aromatic N) is 2. The quantitative estimate of drug-likeness (QED) is 0.845. The van der Waals surface area contributed by atoms with E-state index in [0.717, 1.165) is 28.8 Å². The Labute approximate surface area is 161 Å². The largest absolute Gasteiger partial charge is 0.446 e. The fourth-order valence-corrected chi connectivity index (χ4v) is 3.56. The van der Waals surface area contributed by atoms with Crippen molar-refractivity contribution in [3.05, 3.63) is 53.9 Å². The van der Waals surface area contributed by atoms with Crippen LogP contribution >= 0.6 is 0 Å². The van der Waals surface area contributed by atoms with Crippen molar-refractivity contribution in [2.75, 3.05) is 6.54 Å². The van der Waals surface area contributed by atoms with E-state index in [9.17, 15) is 9.90 Å². The van der Waals surface area contributed by atoms with Crippen LogP contribution in [0.2, 0.25) is 0 Å². The normalized spacial score (nSPS) is 18.9. The number of aryl methyl sites for hydroxylation is 1. The summed E-state index contributed by atoms with van der Waals surface area (Å²) in [6, 6.07) is 12.3. The maximum Gasteiger partial charge on any atom is 0.410 e. The lowest BCUT2D eigenvalue weighted by Gasteiger charge is -2.37. The van der Waals surface area contributed by atoms with Crippen molar-refractivity contribution in [1.29, 1.82) is 0 Å². The highest BCUT2D eigenvalue weighted by Gasteiger charge is 2.33. The molecule has 2 unspecified atom stereocenters. The van der Waals surface area contributed by atoms with E-state index in [1.54, 1.807) is 18.7 Å². The lowest BCUT2D eigenvalue weighted by molar-refractivity contribution is -0.0309. The number of hydrogen-bond donors (Lipinski definition) is 1. The SMILES string of the molecule is Cc1cc(-c2ccc(C(C)N3CCC(CC(C)(C)O)OC3=O)cc2)ccn1. The minimum absolute atomic E-state index is 0.0613. The number of benzene rings is 1.